The molecule has 0 saturated carbocycles. The van der Waals surface area contributed by atoms with Crippen molar-refractivity contribution in [1.29, 1.82) is 0 Å². The molecule has 1 nitrogen and oxygen atoms in total. The van der Waals surface area contributed by atoms with E-state index in [1.54, 1.807) is 11.3 Å². The zero-order valence-corrected chi connectivity index (χ0v) is 10.1. The lowest BCUT2D eigenvalue weighted by molar-refractivity contribution is 0.337. The minimum absolute atomic E-state index is 0.641. The summed E-state index contributed by atoms with van der Waals surface area (Å²) in [7, 11) is 0. The Hall–Kier alpha value is -0.410. The Balaban J connectivity index is 3.06. The van der Waals surface area contributed by atoms with E-state index in [-0.39, 0.29) is 0 Å². The Morgan fingerprint density at radius 2 is 1.92 bits per heavy atom. The van der Waals surface area contributed by atoms with Gasteiger partial charge in [0.1, 0.15) is 0 Å². The lowest BCUT2D eigenvalue weighted by Crippen LogP contribution is -2.04. The van der Waals surface area contributed by atoms with E-state index in [2.05, 4.69) is 20.8 Å². The minimum atomic E-state index is 0.641. The first kappa shape index (κ1) is 10.7. The maximum atomic E-state index is 5.34. The highest BCUT2D eigenvalue weighted by molar-refractivity contribution is 7.80. The fraction of sp³-hybridized carbons (Fsp3) is 0.500. The summed E-state index contributed by atoms with van der Waals surface area (Å²) >= 11 is 6.97. The maximum absolute atomic E-state index is 5.34. The molecule has 0 N–H and O–H groups in total. The number of hydrogen-bond acceptors (Lipinski definition) is 3. The minimum Gasteiger partial charge on any atom is -0.483 e. The second-order valence-electron chi connectivity index (χ2n) is 2.93. The Kier molecular flexibility index (Phi) is 3.45. The van der Waals surface area contributed by atoms with Gasteiger partial charge in [-0.15, -0.1) is 11.3 Å². The third kappa shape index (κ3) is 2.09. The Labute approximate surface area is 88.7 Å². The standard InChI is InChI=1S/C10H14OS2/c1-5-11-10(12)9-6(2)7(3)13-8(9)4/h5H2,1-4H3. The maximum Gasteiger partial charge on any atom is 0.192 e. The highest BCUT2D eigenvalue weighted by atomic mass is 32.1. The predicted octanol–water partition coefficient (Wildman–Crippen LogP) is 3.39. The van der Waals surface area contributed by atoms with Crippen molar-refractivity contribution in [2.45, 2.75) is 27.7 Å². The monoisotopic (exact) mass is 214 g/mol. The molecule has 0 amide bonds. The molecule has 3 heteroatoms. The first-order valence-electron chi connectivity index (χ1n) is 4.31. The van der Waals surface area contributed by atoms with Gasteiger partial charge in [0.25, 0.3) is 0 Å². The van der Waals surface area contributed by atoms with E-state index in [4.69, 9.17) is 17.0 Å². The van der Waals surface area contributed by atoms with Crippen molar-refractivity contribution in [3.05, 3.63) is 20.9 Å². The van der Waals surface area contributed by atoms with Gasteiger partial charge in [0, 0.05) is 15.3 Å². The Morgan fingerprint density at radius 1 is 1.31 bits per heavy atom. The van der Waals surface area contributed by atoms with Crippen LogP contribution in [-0.4, -0.2) is 11.7 Å². The first-order valence-corrected chi connectivity index (χ1v) is 5.54. The van der Waals surface area contributed by atoms with Gasteiger partial charge < -0.3 is 4.74 Å². The largest absolute Gasteiger partial charge is 0.483 e. The summed E-state index contributed by atoms with van der Waals surface area (Å²) in [6.45, 7) is 8.90. The molecule has 1 aromatic rings. The van der Waals surface area contributed by atoms with Crippen LogP contribution < -0.4 is 0 Å². The number of thiocarbonyl (C=S) groups is 1. The number of ether oxygens (including phenoxy) is 1. The molecule has 0 saturated heterocycles. The molecule has 0 bridgehead atoms. The van der Waals surface area contributed by atoms with Crippen LogP contribution in [0.5, 0.6) is 0 Å². The fourth-order valence-electron chi connectivity index (χ4n) is 1.30. The number of aryl methyl sites for hydroxylation is 2. The van der Waals surface area contributed by atoms with Gasteiger partial charge in [0.2, 0.25) is 0 Å². The zero-order chi connectivity index (χ0) is 10.0. The molecule has 1 aromatic heterocycles. The highest BCUT2D eigenvalue weighted by Crippen LogP contribution is 2.27. The van der Waals surface area contributed by atoms with Gasteiger partial charge in [-0.2, -0.15) is 0 Å². The summed E-state index contributed by atoms with van der Waals surface area (Å²) in [6.07, 6.45) is 0. The van der Waals surface area contributed by atoms with Crippen molar-refractivity contribution < 1.29 is 4.74 Å². The van der Waals surface area contributed by atoms with Crippen molar-refractivity contribution in [2.75, 3.05) is 6.61 Å². The van der Waals surface area contributed by atoms with Crippen LogP contribution in [0.3, 0.4) is 0 Å². The van der Waals surface area contributed by atoms with Crippen LogP contribution in [0.15, 0.2) is 0 Å². The van der Waals surface area contributed by atoms with E-state index in [0.717, 1.165) is 5.56 Å². The molecule has 0 aliphatic heterocycles. The normalized spacial score (nSPS) is 10.2. The molecule has 0 aliphatic carbocycles. The van der Waals surface area contributed by atoms with Crippen molar-refractivity contribution in [3.63, 3.8) is 0 Å². The molecule has 0 fully saturated rings. The van der Waals surface area contributed by atoms with Crippen LogP contribution in [0.2, 0.25) is 0 Å². The van der Waals surface area contributed by atoms with Crippen molar-refractivity contribution >= 4 is 28.6 Å². The second-order valence-corrected chi connectivity index (χ2v) is 4.73. The van der Waals surface area contributed by atoms with Crippen LogP contribution in [0.1, 0.15) is 27.8 Å². The molecule has 0 aliphatic rings. The smallest absolute Gasteiger partial charge is 0.192 e. The van der Waals surface area contributed by atoms with Gasteiger partial charge in [0.05, 0.1) is 6.61 Å². The van der Waals surface area contributed by atoms with Crippen LogP contribution in [0, 0.1) is 20.8 Å². The molecule has 72 valence electrons. The van der Waals surface area contributed by atoms with Crippen LogP contribution >= 0.6 is 23.6 Å². The van der Waals surface area contributed by atoms with Gasteiger partial charge in [-0.1, -0.05) is 0 Å². The van der Waals surface area contributed by atoms with Gasteiger partial charge in [-0.3, -0.25) is 0 Å². The number of thiophene rings is 1. The van der Waals surface area contributed by atoms with E-state index in [9.17, 15) is 0 Å². The van der Waals surface area contributed by atoms with Gasteiger partial charge in [0.15, 0.2) is 5.05 Å². The zero-order valence-electron chi connectivity index (χ0n) is 8.43. The summed E-state index contributed by atoms with van der Waals surface area (Å²) in [5, 5.41) is 0.641. The van der Waals surface area contributed by atoms with E-state index in [1.807, 2.05) is 6.92 Å². The molecule has 0 aromatic carbocycles. The van der Waals surface area contributed by atoms with Gasteiger partial charge in [-0.05, 0) is 45.5 Å². The second kappa shape index (κ2) is 4.20. The molecule has 0 unspecified atom stereocenters. The molecule has 1 heterocycles. The van der Waals surface area contributed by atoms with Crippen LogP contribution in [0.25, 0.3) is 0 Å². The molecule has 0 spiro atoms. The van der Waals surface area contributed by atoms with E-state index in [1.165, 1.54) is 15.3 Å². The molecular weight excluding hydrogens is 200 g/mol. The summed E-state index contributed by atoms with van der Waals surface area (Å²) in [5.74, 6) is 0. The van der Waals surface area contributed by atoms with Gasteiger partial charge >= 0.3 is 0 Å². The molecular formula is C10H14OS2. The average molecular weight is 214 g/mol. The molecule has 13 heavy (non-hydrogen) atoms. The summed E-state index contributed by atoms with van der Waals surface area (Å²) < 4.78 is 5.34. The summed E-state index contributed by atoms with van der Waals surface area (Å²) in [4.78, 5) is 2.59. The van der Waals surface area contributed by atoms with E-state index >= 15 is 0 Å². The Morgan fingerprint density at radius 3 is 2.31 bits per heavy atom. The molecule has 0 atom stereocenters. The highest BCUT2D eigenvalue weighted by Gasteiger charge is 2.13. The van der Waals surface area contributed by atoms with Crippen molar-refractivity contribution in [3.8, 4) is 0 Å². The Bertz CT molecular complexity index is 326. The van der Waals surface area contributed by atoms with Crippen LogP contribution in [-0.2, 0) is 4.74 Å². The van der Waals surface area contributed by atoms with Crippen molar-refractivity contribution in [2.24, 2.45) is 0 Å². The topological polar surface area (TPSA) is 9.23 Å². The lowest BCUT2D eigenvalue weighted by atomic mass is 10.1. The number of hydrogen-bond donors (Lipinski definition) is 0. The first-order chi connectivity index (χ1) is 6.07. The van der Waals surface area contributed by atoms with Gasteiger partial charge in [-0.25, -0.2) is 0 Å². The number of rotatable bonds is 2. The van der Waals surface area contributed by atoms with Crippen molar-refractivity contribution in [1.82, 2.24) is 0 Å². The summed E-state index contributed by atoms with van der Waals surface area (Å²) in [5.41, 5.74) is 2.39. The van der Waals surface area contributed by atoms with E-state index < -0.39 is 0 Å². The van der Waals surface area contributed by atoms with E-state index in [0.29, 0.717) is 11.7 Å². The van der Waals surface area contributed by atoms with Crippen LogP contribution in [0.4, 0.5) is 0 Å². The predicted molar refractivity (Wildman–Crippen MR) is 61.9 cm³/mol. The molecule has 1 rings (SSSR count). The third-order valence-electron chi connectivity index (χ3n) is 2.04. The average Bonchev–Trinajstić information content (AvgIpc) is 2.27. The quantitative estimate of drug-likeness (QED) is 0.698. The third-order valence-corrected chi connectivity index (χ3v) is 3.49. The summed E-state index contributed by atoms with van der Waals surface area (Å²) in [6, 6.07) is 0. The SMILES string of the molecule is CCOC(=S)c1c(C)sc(C)c1C. The molecule has 0 radical (unpaired) electrons. The fourth-order valence-corrected chi connectivity index (χ4v) is 2.85. The lowest BCUT2D eigenvalue weighted by Gasteiger charge is -2.05.